The van der Waals surface area contributed by atoms with Crippen molar-refractivity contribution >= 4 is 63.7 Å². The van der Waals surface area contributed by atoms with Crippen LogP contribution in [0, 0.1) is 5.92 Å². The predicted molar refractivity (Wildman–Crippen MR) is 113 cm³/mol. The van der Waals surface area contributed by atoms with Crippen LogP contribution in [0.25, 0.3) is 0 Å². The Hall–Kier alpha value is -3.40. The van der Waals surface area contributed by atoms with Crippen molar-refractivity contribution in [2.24, 2.45) is 11.1 Å². The van der Waals surface area contributed by atoms with Gasteiger partial charge in [0.1, 0.15) is 17.1 Å². The second kappa shape index (κ2) is 8.86. The molecule has 1 aromatic heterocycles. The Morgan fingerprint density at radius 1 is 1.39 bits per heavy atom. The molecule has 4 atom stereocenters. The standard InChI is InChI=1S/C16H15N5O9S2.CH4/c17-15-18-6(4-32-15)9(20-29-2-7(22)23)11(25)19-10-12(26)21-13(10)31-3-5-1-8(24)30-16(5,21)14(27)28;/h4-5,10,13H,1-3H2,(H2,17,18)(H,19,25)(H,22,23)(H,27,28);1H4/b20-9+;. The maximum atomic E-state index is 12.8. The Morgan fingerprint density at radius 3 is 2.73 bits per heavy atom. The molecule has 1 aromatic rings. The molecule has 4 unspecified atom stereocenters. The van der Waals surface area contributed by atoms with E-state index in [2.05, 4.69) is 20.3 Å². The normalized spacial score (nSPS) is 27.9. The number of hydrogen-bond acceptors (Lipinski definition) is 12. The van der Waals surface area contributed by atoms with Crippen LogP contribution in [0.5, 0.6) is 0 Å². The van der Waals surface area contributed by atoms with Crippen molar-refractivity contribution in [1.29, 1.82) is 0 Å². The third-order valence-corrected chi connectivity index (χ3v) is 7.11. The Morgan fingerprint density at radius 2 is 2.12 bits per heavy atom. The number of thioether (sulfide) groups is 1. The first-order valence-electron chi connectivity index (χ1n) is 8.99. The molecular weight excluding hydrogens is 482 g/mol. The van der Waals surface area contributed by atoms with Gasteiger partial charge in [-0.3, -0.25) is 19.3 Å². The average Bonchev–Trinajstić information content (AvgIpc) is 3.30. The number of carbonyl (C=O) groups is 5. The molecule has 0 aliphatic carbocycles. The number of carbonyl (C=O) groups excluding carboxylic acids is 3. The monoisotopic (exact) mass is 501 g/mol. The zero-order chi connectivity index (χ0) is 23.2. The van der Waals surface area contributed by atoms with E-state index in [1.165, 1.54) is 17.1 Å². The minimum absolute atomic E-state index is 0. The highest BCUT2D eigenvalue weighted by Gasteiger charge is 2.71. The molecule has 3 aliphatic rings. The molecule has 0 radical (unpaired) electrons. The maximum Gasteiger partial charge on any atom is 0.370 e. The molecular formula is C17H19N5O9S2. The van der Waals surface area contributed by atoms with Gasteiger partial charge in [0, 0.05) is 17.1 Å². The molecule has 3 fully saturated rings. The summed E-state index contributed by atoms with van der Waals surface area (Å²) in [6.45, 7) is -0.821. The highest BCUT2D eigenvalue weighted by molar-refractivity contribution is 8.00. The number of nitrogens with two attached hydrogens (primary N) is 1. The zero-order valence-corrected chi connectivity index (χ0v) is 17.6. The van der Waals surface area contributed by atoms with Gasteiger partial charge in [0.2, 0.25) is 6.61 Å². The van der Waals surface area contributed by atoms with Gasteiger partial charge in [-0.05, 0) is 0 Å². The molecule has 5 N–H and O–H groups in total. The summed E-state index contributed by atoms with van der Waals surface area (Å²) in [5.74, 6) is -5.65. The van der Waals surface area contributed by atoms with E-state index in [1.54, 1.807) is 0 Å². The van der Waals surface area contributed by atoms with Gasteiger partial charge >= 0.3 is 17.9 Å². The van der Waals surface area contributed by atoms with Gasteiger partial charge in [-0.2, -0.15) is 0 Å². The highest BCUT2D eigenvalue weighted by atomic mass is 32.2. The van der Waals surface area contributed by atoms with Crippen molar-refractivity contribution in [1.82, 2.24) is 15.2 Å². The number of fused-ring (bicyclic) bond motifs is 3. The van der Waals surface area contributed by atoms with Gasteiger partial charge < -0.3 is 30.8 Å². The van der Waals surface area contributed by atoms with Crippen molar-refractivity contribution in [3.8, 4) is 0 Å². The molecule has 0 spiro atoms. The molecule has 4 heterocycles. The summed E-state index contributed by atoms with van der Waals surface area (Å²) in [6, 6.07) is -1.13. The summed E-state index contributed by atoms with van der Waals surface area (Å²) >= 11 is 2.21. The lowest BCUT2D eigenvalue weighted by molar-refractivity contribution is -0.215. The molecule has 33 heavy (non-hydrogen) atoms. The first-order chi connectivity index (χ1) is 15.1. The Kier molecular flexibility index (Phi) is 6.51. The molecule has 2 amide bonds. The van der Waals surface area contributed by atoms with E-state index in [-0.39, 0.29) is 30.4 Å². The van der Waals surface area contributed by atoms with Crippen LogP contribution < -0.4 is 11.1 Å². The summed E-state index contributed by atoms with van der Waals surface area (Å²) in [6.07, 6.45) is -0.129. The number of carboxylic acid groups (broad SMARTS) is 2. The number of rotatable bonds is 7. The summed E-state index contributed by atoms with van der Waals surface area (Å²) in [5.41, 5.74) is 3.06. The van der Waals surface area contributed by atoms with Crippen LogP contribution in [-0.4, -0.2) is 85.0 Å². The van der Waals surface area contributed by atoms with Crippen molar-refractivity contribution in [2.75, 3.05) is 18.1 Å². The van der Waals surface area contributed by atoms with Gasteiger partial charge in [-0.15, -0.1) is 23.1 Å². The smallest absolute Gasteiger partial charge is 0.370 e. The molecule has 16 heteroatoms. The number of hydrogen-bond donors (Lipinski definition) is 4. The van der Waals surface area contributed by atoms with Crippen molar-refractivity contribution in [3.05, 3.63) is 11.1 Å². The third-order valence-electron chi connectivity index (χ3n) is 5.02. The maximum absolute atomic E-state index is 12.8. The van der Waals surface area contributed by atoms with Crippen LogP contribution in [0.15, 0.2) is 10.5 Å². The summed E-state index contributed by atoms with van der Waals surface area (Å²) < 4.78 is 5.09. The van der Waals surface area contributed by atoms with Gasteiger partial charge in [-0.1, -0.05) is 12.6 Å². The molecule has 178 valence electrons. The summed E-state index contributed by atoms with van der Waals surface area (Å²) in [4.78, 5) is 69.5. The third kappa shape index (κ3) is 3.95. The molecule has 3 aliphatic heterocycles. The number of esters is 1. The Labute approximate surface area is 194 Å². The number of thiazole rings is 1. The number of nitrogens with one attached hydrogen (secondary N) is 1. The molecule has 4 rings (SSSR count). The highest BCUT2D eigenvalue weighted by Crippen LogP contribution is 2.51. The van der Waals surface area contributed by atoms with Crippen LogP contribution in [0.3, 0.4) is 0 Å². The number of amides is 2. The molecule has 0 saturated carbocycles. The number of oxime groups is 1. The Bertz CT molecular complexity index is 1060. The SMILES string of the molecule is C.Nc1nc(/C(=N\OCC(=O)O)C(=O)NC2C(=O)N3C2SCC2CC(=O)OC23C(=O)O)cs1. The van der Waals surface area contributed by atoms with Crippen molar-refractivity contribution < 1.29 is 43.8 Å². The van der Waals surface area contributed by atoms with Gasteiger partial charge in [0.05, 0.1) is 6.42 Å². The number of nitrogen functional groups attached to an aromatic ring is 1. The Balaban J connectivity index is 0.00000306. The lowest BCUT2D eigenvalue weighted by Gasteiger charge is -2.56. The number of nitrogens with zero attached hydrogens (tertiary/aromatic N) is 3. The largest absolute Gasteiger partial charge is 0.479 e. The summed E-state index contributed by atoms with van der Waals surface area (Å²) in [7, 11) is 0. The number of β-lactam (4-membered cyclic amide) rings is 1. The van der Waals surface area contributed by atoms with E-state index in [9.17, 15) is 29.1 Å². The second-order valence-electron chi connectivity index (χ2n) is 6.94. The predicted octanol–water partition coefficient (Wildman–Crippen LogP) is -1.09. The van der Waals surface area contributed by atoms with Gasteiger partial charge in [0.25, 0.3) is 17.5 Å². The van der Waals surface area contributed by atoms with Crippen molar-refractivity contribution in [2.45, 2.75) is 31.0 Å². The minimum Gasteiger partial charge on any atom is -0.479 e. The molecule has 3 saturated heterocycles. The number of aromatic nitrogens is 1. The van der Waals surface area contributed by atoms with Crippen LogP contribution >= 0.6 is 23.1 Å². The first-order valence-corrected chi connectivity index (χ1v) is 10.9. The van der Waals surface area contributed by atoms with Crippen molar-refractivity contribution in [3.63, 3.8) is 0 Å². The van der Waals surface area contributed by atoms with E-state index in [0.29, 0.717) is 0 Å². The quantitative estimate of drug-likeness (QED) is 0.152. The van der Waals surface area contributed by atoms with Crippen LogP contribution in [-0.2, 0) is 33.5 Å². The number of aliphatic carboxylic acids is 2. The fourth-order valence-electron chi connectivity index (χ4n) is 3.68. The first kappa shape index (κ1) is 24.2. The fraction of sp³-hybridized carbons (Fsp3) is 0.471. The van der Waals surface area contributed by atoms with E-state index < -0.39 is 65.1 Å². The lowest BCUT2D eigenvalue weighted by atomic mass is 9.89. The number of ether oxygens (including phenoxy) is 1. The minimum atomic E-state index is -2.10. The van der Waals surface area contributed by atoms with Crippen LogP contribution in [0.1, 0.15) is 19.5 Å². The van der Waals surface area contributed by atoms with E-state index >= 15 is 0 Å². The second-order valence-corrected chi connectivity index (χ2v) is 8.98. The van der Waals surface area contributed by atoms with Crippen LogP contribution in [0.4, 0.5) is 5.13 Å². The van der Waals surface area contributed by atoms with Crippen LogP contribution in [0.2, 0.25) is 0 Å². The van der Waals surface area contributed by atoms with Gasteiger partial charge in [0.15, 0.2) is 10.8 Å². The zero-order valence-electron chi connectivity index (χ0n) is 15.9. The van der Waals surface area contributed by atoms with E-state index in [1.807, 2.05) is 0 Å². The van der Waals surface area contributed by atoms with E-state index in [0.717, 1.165) is 16.2 Å². The number of anilines is 1. The number of carboxylic acids is 2. The molecule has 14 nitrogen and oxygen atoms in total. The topological polar surface area (TPSA) is 211 Å². The lowest BCUT2D eigenvalue weighted by Crippen LogP contribution is -2.80. The fourth-order valence-corrected chi connectivity index (χ4v) is 5.78. The molecule has 0 bridgehead atoms. The van der Waals surface area contributed by atoms with Gasteiger partial charge in [-0.25, -0.2) is 14.6 Å². The molecule has 0 aromatic carbocycles. The summed E-state index contributed by atoms with van der Waals surface area (Å²) in [5, 5.41) is 25.1. The average molecular weight is 501 g/mol. The van der Waals surface area contributed by atoms with E-state index in [4.69, 9.17) is 15.6 Å².